The molecule has 4 rings (SSSR count). The number of para-hydroxylation sites is 1. The van der Waals surface area contributed by atoms with E-state index in [0.717, 1.165) is 5.56 Å². The lowest BCUT2D eigenvalue weighted by atomic mass is 10.2. The molecule has 0 saturated carbocycles. The van der Waals surface area contributed by atoms with Gasteiger partial charge in [0.25, 0.3) is 5.56 Å². The molecular weight excluding hydrogens is 437 g/mol. The number of aromatic nitrogens is 2. The second kappa shape index (κ2) is 9.58. The van der Waals surface area contributed by atoms with Gasteiger partial charge in [-0.1, -0.05) is 60.3 Å². The Morgan fingerprint density at radius 3 is 2.52 bits per heavy atom. The summed E-state index contributed by atoms with van der Waals surface area (Å²) in [7, 11) is 1.75. The highest BCUT2D eigenvalue weighted by molar-refractivity contribution is 8.00. The Morgan fingerprint density at radius 2 is 1.79 bits per heavy atom. The van der Waals surface area contributed by atoms with Crippen molar-refractivity contribution >= 4 is 28.6 Å². The maximum Gasteiger partial charge on any atom is 0.266 e. The van der Waals surface area contributed by atoms with Crippen LogP contribution in [-0.4, -0.2) is 32.7 Å². The van der Waals surface area contributed by atoms with Crippen LogP contribution < -0.4 is 5.56 Å². The quantitative estimate of drug-likeness (QED) is 0.300. The van der Waals surface area contributed by atoms with Gasteiger partial charge in [0.05, 0.1) is 21.8 Å². The first kappa shape index (κ1) is 22.7. The Bertz CT molecular complexity index is 1370. The summed E-state index contributed by atoms with van der Waals surface area (Å²) in [5.74, 6) is -0.497. The van der Waals surface area contributed by atoms with Crippen molar-refractivity contribution in [2.75, 3.05) is 7.05 Å². The number of thioether (sulfide) groups is 1. The van der Waals surface area contributed by atoms with Gasteiger partial charge in [0.15, 0.2) is 5.16 Å². The zero-order valence-corrected chi connectivity index (χ0v) is 19.5. The molecule has 0 saturated heterocycles. The van der Waals surface area contributed by atoms with Crippen LogP contribution >= 0.6 is 11.8 Å². The highest BCUT2D eigenvalue weighted by Crippen LogP contribution is 2.27. The smallest absolute Gasteiger partial charge is 0.266 e. The van der Waals surface area contributed by atoms with E-state index in [1.807, 2.05) is 30.3 Å². The van der Waals surface area contributed by atoms with Crippen LogP contribution in [0.1, 0.15) is 18.1 Å². The van der Waals surface area contributed by atoms with Crippen LogP contribution in [0, 0.1) is 12.7 Å². The number of rotatable bonds is 6. The molecule has 0 radical (unpaired) electrons. The Balaban J connectivity index is 1.71. The molecule has 4 aromatic rings. The number of fused-ring (bicyclic) bond motifs is 1. The normalized spacial score (nSPS) is 12.0. The van der Waals surface area contributed by atoms with E-state index in [1.54, 1.807) is 62.2 Å². The lowest BCUT2D eigenvalue weighted by molar-refractivity contribution is -0.129. The van der Waals surface area contributed by atoms with Crippen molar-refractivity contribution in [2.24, 2.45) is 0 Å². The predicted molar refractivity (Wildman–Crippen MR) is 130 cm³/mol. The number of hydrogen-bond donors (Lipinski definition) is 0. The third kappa shape index (κ3) is 4.83. The van der Waals surface area contributed by atoms with Gasteiger partial charge in [0, 0.05) is 13.6 Å². The van der Waals surface area contributed by atoms with Crippen molar-refractivity contribution in [1.82, 2.24) is 14.5 Å². The molecule has 0 N–H and O–H groups in total. The fourth-order valence-electron chi connectivity index (χ4n) is 3.59. The van der Waals surface area contributed by atoms with Crippen molar-refractivity contribution in [3.63, 3.8) is 0 Å². The van der Waals surface area contributed by atoms with Crippen molar-refractivity contribution < 1.29 is 9.18 Å². The van der Waals surface area contributed by atoms with Gasteiger partial charge in [0.2, 0.25) is 5.91 Å². The van der Waals surface area contributed by atoms with Gasteiger partial charge < -0.3 is 4.90 Å². The highest BCUT2D eigenvalue weighted by atomic mass is 32.2. The van der Waals surface area contributed by atoms with Crippen LogP contribution in [0.2, 0.25) is 0 Å². The minimum Gasteiger partial charge on any atom is -0.340 e. The summed E-state index contributed by atoms with van der Waals surface area (Å²) in [5, 5.41) is 0.271. The molecule has 0 aliphatic heterocycles. The Hall–Kier alpha value is -3.45. The number of benzene rings is 3. The molecule has 0 fully saturated rings. The number of halogens is 1. The van der Waals surface area contributed by atoms with E-state index in [4.69, 9.17) is 0 Å². The van der Waals surface area contributed by atoms with Gasteiger partial charge in [-0.3, -0.25) is 14.2 Å². The second-order valence-corrected chi connectivity index (χ2v) is 9.23. The zero-order valence-electron chi connectivity index (χ0n) is 18.7. The van der Waals surface area contributed by atoms with Crippen LogP contribution in [-0.2, 0) is 11.3 Å². The van der Waals surface area contributed by atoms with Crippen molar-refractivity contribution in [3.05, 3.63) is 100 Å². The first-order valence-corrected chi connectivity index (χ1v) is 11.5. The predicted octanol–water partition coefficient (Wildman–Crippen LogP) is 4.97. The molecule has 1 heterocycles. The molecule has 1 atom stereocenters. The van der Waals surface area contributed by atoms with Crippen LogP contribution in [0.25, 0.3) is 16.6 Å². The summed E-state index contributed by atoms with van der Waals surface area (Å²) >= 11 is 1.19. The van der Waals surface area contributed by atoms with E-state index in [9.17, 15) is 14.0 Å². The minimum absolute atomic E-state index is 0.0899. The van der Waals surface area contributed by atoms with E-state index in [1.165, 1.54) is 22.4 Å². The molecule has 33 heavy (non-hydrogen) atoms. The summed E-state index contributed by atoms with van der Waals surface area (Å²) in [5.41, 5.74) is 2.12. The molecule has 7 heteroatoms. The Kier molecular flexibility index (Phi) is 6.60. The van der Waals surface area contributed by atoms with Crippen molar-refractivity contribution in [1.29, 1.82) is 0 Å². The lowest BCUT2D eigenvalue weighted by Gasteiger charge is -2.22. The summed E-state index contributed by atoms with van der Waals surface area (Å²) in [6.45, 7) is 3.93. The molecular formula is C26H24FN3O2S. The average molecular weight is 462 g/mol. The number of hydrogen-bond acceptors (Lipinski definition) is 4. The van der Waals surface area contributed by atoms with Gasteiger partial charge in [-0.15, -0.1) is 0 Å². The zero-order chi connectivity index (χ0) is 23.5. The van der Waals surface area contributed by atoms with Gasteiger partial charge in [-0.2, -0.15) is 0 Å². The summed E-state index contributed by atoms with van der Waals surface area (Å²) < 4.78 is 15.7. The van der Waals surface area contributed by atoms with Gasteiger partial charge in [-0.05, 0) is 49.2 Å². The Labute approximate surface area is 195 Å². The first-order chi connectivity index (χ1) is 15.8. The van der Waals surface area contributed by atoms with E-state index in [2.05, 4.69) is 4.98 Å². The molecule has 168 valence electrons. The number of carbonyl (C=O) groups excluding carboxylic acids is 1. The standard InChI is InChI=1S/C26H24FN3O2S/c1-17-13-14-20(15-22(17)27)30-25(32)21-11-7-8-12-23(21)28-26(30)33-18(2)24(31)29(3)16-19-9-5-4-6-10-19/h4-15,18H,16H2,1-3H3/t18-/m1/s1. The van der Waals surface area contributed by atoms with Gasteiger partial charge in [0.1, 0.15) is 5.82 Å². The lowest BCUT2D eigenvalue weighted by Crippen LogP contribution is -2.33. The molecule has 0 bridgehead atoms. The molecule has 0 unspecified atom stereocenters. The molecule has 0 aliphatic rings. The van der Waals surface area contributed by atoms with E-state index in [0.29, 0.717) is 33.9 Å². The Morgan fingerprint density at radius 1 is 1.09 bits per heavy atom. The summed E-state index contributed by atoms with van der Waals surface area (Å²) in [4.78, 5) is 32.8. The molecule has 3 aromatic carbocycles. The first-order valence-electron chi connectivity index (χ1n) is 10.6. The van der Waals surface area contributed by atoms with Crippen LogP contribution in [0.15, 0.2) is 82.7 Å². The monoisotopic (exact) mass is 461 g/mol. The maximum atomic E-state index is 14.3. The largest absolute Gasteiger partial charge is 0.340 e. The fraction of sp³-hybridized carbons (Fsp3) is 0.192. The third-order valence-corrected chi connectivity index (χ3v) is 6.47. The van der Waals surface area contributed by atoms with Crippen molar-refractivity contribution in [2.45, 2.75) is 30.8 Å². The maximum absolute atomic E-state index is 14.3. The molecule has 5 nitrogen and oxygen atoms in total. The number of nitrogens with zero attached hydrogens (tertiary/aromatic N) is 3. The van der Waals surface area contributed by atoms with Crippen LogP contribution in [0.5, 0.6) is 0 Å². The fourth-order valence-corrected chi connectivity index (χ4v) is 4.64. The van der Waals surface area contributed by atoms with E-state index >= 15 is 0 Å². The topological polar surface area (TPSA) is 55.2 Å². The van der Waals surface area contributed by atoms with E-state index in [-0.39, 0.29) is 11.5 Å². The molecule has 0 spiro atoms. The molecule has 1 amide bonds. The van der Waals surface area contributed by atoms with E-state index < -0.39 is 11.1 Å². The van der Waals surface area contributed by atoms with Crippen molar-refractivity contribution in [3.8, 4) is 5.69 Å². The number of carbonyl (C=O) groups is 1. The molecule has 1 aromatic heterocycles. The summed E-state index contributed by atoms with van der Waals surface area (Å²) in [6, 6.07) is 21.4. The number of amides is 1. The minimum atomic E-state index is -0.506. The SMILES string of the molecule is Cc1ccc(-n2c(S[C@H](C)C(=O)N(C)Cc3ccccc3)nc3ccccc3c2=O)cc1F. The second-order valence-electron chi connectivity index (χ2n) is 7.93. The summed E-state index contributed by atoms with van der Waals surface area (Å²) in [6.07, 6.45) is 0. The van der Waals surface area contributed by atoms with Gasteiger partial charge in [-0.25, -0.2) is 9.37 Å². The van der Waals surface area contributed by atoms with Crippen LogP contribution in [0.3, 0.4) is 0 Å². The molecule has 0 aliphatic carbocycles. The van der Waals surface area contributed by atoms with Gasteiger partial charge >= 0.3 is 0 Å². The highest BCUT2D eigenvalue weighted by Gasteiger charge is 2.23. The van der Waals surface area contributed by atoms with Crippen LogP contribution in [0.4, 0.5) is 4.39 Å². The number of aryl methyl sites for hydroxylation is 1. The third-order valence-electron chi connectivity index (χ3n) is 5.43. The average Bonchev–Trinajstić information content (AvgIpc) is 2.81.